The van der Waals surface area contributed by atoms with Crippen LogP contribution < -0.4 is 0 Å². The summed E-state index contributed by atoms with van der Waals surface area (Å²) in [5.41, 5.74) is 0. The van der Waals surface area contributed by atoms with E-state index in [2.05, 4.69) is 13.8 Å². The first-order valence-corrected chi connectivity index (χ1v) is 17.2. The molecule has 0 fully saturated rings. The van der Waals surface area contributed by atoms with Crippen LogP contribution in [0.15, 0.2) is 0 Å². The molecule has 0 aliphatic carbocycles. The molecule has 0 aliphatic rings. The molecule has 0 radical (unpaired) electrons. The molecule has 0 heterocycles. The lowest BCUT2D eigenvalue weighted by Gasteiger charge is -2.03. The van der Waals surface area contributed by atoms with Crippen LogP contribution in [0.4, 0.5) is 0 Å². The lowest BCUT2D eigenvalue weighted by molar-refractivity contribution is -0.111. The number of carbonyl (C=O) groups excluding carboxylic acids is 2. The SMILES string of the molecule is CCCCCCCC(=O)SCCCSSSCCCSC(=O)CCCCCCC. The maximum absolute atomic E-state index is 11.8. The smallest absolute Gasteiger partial charge is 0.188 e. The van der Waals surface area contributed by atoms with Crippen molar-refractivity contribution in [2.24, 2.45) is 0 Å². The molecule has 0 aromatic rings. The van der Waals surface area contributed by atoms with Gasteiger partial charge in [0.15, 0.2) is 10.2 Å². The minimum absolute atomic E-state index is 0.376. The van der Waals surface area contributed by atoms with E-state index >= 15 is 0 Å². The van der Waals surface area contributed by atoms with Crippen LogP contribution >= 0.6 is 54.9 Å². The molecule has 0 saturated carbocycles. The molecule has 7 heteroatoms. The Hall–Kier alpha value is 1.09. The number of hydrogen-bond acceptors (Lipinski definition) is 7. The summed E-state index contributed by atoms with van der Waals surface area (Å²) in [5, 5.41) is 0.753. The maximum atomic E-state index is 11.8. The Kier molecular flexibility index (Phi) is 26.3. The Morgan fingerprint density at radius 1 is 0.517 bits per heavy atom. The van der Waals surface area contributed by atoms with Gasteiger partial charge in [0.25, 0.3) is 0 Å². The molecule has 0 saturated heterocycles. The average Bonchev–Trinajstić information content (AvgIpc) is 2.71. The Balaban J connectivity index is 3.21. The fourth-order valence-corrected chi connectivity index (χ4v) is 8.46. The van der Waals surface area contributed by atoms with Crippen LogP contribution in [0.1, 0.15) is 104 Å². The minimum Gasteiger partial charge on any atom is -0.287 e. The molecule has 0 aromatic heterocycles. The molecule has 0 N–H and O–H groups in total. The summed E-state index contributed by atoms with van der Waals surface area (Å²) in [5.74, 6) is 4.14. The molecule has 2 nitrogen and oxygen atoms in total. The lowest BCUT2D eigenvalue weighted by Crippen LogP contribution is -1.94. The fourth-order valence-electron chi connectivity index (χ4n) is 2.60. The van der Waals surface area contributed by atoms with Gasteiger partial charge in [0.2, 0.25) is 0 Å². The van der Waals surface area contributed by atoms with E-state index in [1.807, 2.05) is 31.4 Å². The number of rotatable bonds is 22. The quantitative estimate of drug-likeness (QED) is 0.109. The van der Waals surface area contributed by atoms with Gasteiger partial charge in [-0.15, -0.1) is 0 Å². The molecular formula is C22H42O2S5. The van der Waals surface area contributed by atoms with Crippen LogP contribution in [0.2, 0.25) is 0 Å². The van der Waals surface area contributed by atoms with Gasteiger partial charge in [-0.3, -0.25) is 9.59 Å². The van der Waals surface area contributed by atoms with Gasteiger partial charge in [-0.05, 0) is 35.5 Å². The van der Waals surface area contributed by atoms with E-state index in [1.165, 1.54) is 74.9 Å². The van der Waals surface area contributed by atoms with Crippen LogP contribution in [0.5, 0.6) is 0 Å². The highest BCUT2D eigenvalue weighted by atomic mass is 33.5. The van der Waals surface area contributed by atoms with Crippen molar-refractivity contribution in [2.45, 2.75) is 104 Å². The van der Waals surface area contributed by atoms with Crippen molar-refractivity contribution in [3.8, 4) is 0 Å². The highest BCUT2D eigenvalue weighted by Crippen LogP contribution is 2.35. The number of hydrogen-bond donors (Lipinski definition) is 0. The molecule has 0 atom stereocenters. The van der Waals surface area contributed by atoms with Crippen LogP contribution in [-0.2, 0) is 9.59 Å². The van der Waals surface area contributed by atoms with Gasteiger partial charge in [-0.25, -0.2) is 0 Å². The summed E-state index contributed by atoms with van der Waals surface area (Å²) < 4.78 is 0. The van der Waals surface area contributed by atoms with Gasteiger partial charge in [-0.1, -0.05) is 110 Å². The van der Waals surface area contributed by atoms with Gasteiger partial charge in [0, 0.05) is 35.9 Å². The number of thioether (sulfide) groups is 2. The first-order valence-electron chi connectivity index (χ1n) is 11.4. The normalized spacial score (nSPS) is 11.1. The molecule has 0 aliphatic heterocycles. The predicted octanol–water partition coefficient (Wildman–Crippen LogP) is 9.04. The van der Waals surface area contributed by atoms with Crippen LogP contribution in [0, 0.1) is 0 Å². The molecule has 0 rings (SSSR count). The van der Waals surface area contributed by atoms with Gasteiger partial charge in [0.1, 0.15) is 0 Å². The maximum Gasteiger partial charge on any atom is 0.188 e. The molecule has 0 bridgehead atoms. The Labute approximate surface area is 200 Å². The number of carbonyl (C=O) groups is 2. The van der Waals surface area contributed by atoms with E-state index in [9.17, 15) is 9.59 Å². The summed E-state index contributed by atoms with van der Waals surface area (Å²) in [7, 11) is 5.65. The molecular weight excluding hydrogens is 457 g/mol. The van der Waals surface area contributed by atoms with Crippen molar-refractivity contribution in [1.82, 2.24) is 0 Å². The van der Waals surface area contributed by atoms with Crippen molar-refractivity contribution in [2.75, 3.05) is 23.0 Å². The fraction of sp³-hybridized carbons (Fsp3) is 0.909. The van der Waals surface area contributed by atoms with Crippen molar-refractivity contribution in [3.63, 3.8) is 0 Å². The topological polar surface area (TPSA) is 34.1 Å². The molecule has 172 valence electrons. The third-order valence-electron chi connectivity index (χ3n) is 4.34. The molecule has 0 aromatic carbocycles. The largest absolute Gasteiger partial charge is 0.287 e. The summed E-state index contributed by atoms with van der Waals surface area (Å²) in [6.07, 6.45) is 15.9. The van der Waals surface area contributed by atoms with Gasteiger partial charge >= 0.3 is 0 Å². The van der Waals surface area contributed by atoms with Crippen LogP contribution in [-0.4, -0.2) is 33.2 Å². The van der Waals surface area contributed by atoms with Crippen LogP contribution in [0.3, 0.4) is 0 Å². The van der Waals surface area contributed by atoms with Crippen LogP contribution in [0.25, 0.3) is 0 Å². The summed E-state index contributed by atoms with van der Waals surface area (Å²) >= 11 is 3.05. The summed E-state index contributed by atoms with van der Waals surface area (Å²) in [6.45, 7) is 4.43. The van der Waals surface area contributed by atoms with E-state index in [0.29, 0.717) is 10.2 Å². The van der Waals surface area contributed by atoms with Crippen molar-refractivity contribution >= 4 is 65.2 Å². The highest BCUT2D eigenvalue weighted by molar-refractivity contribution is 9.09. The zero-order chi connectivity index (χ0) is 21.4. The Bertz CT molecular complexity index is 346. The highest BCUT2D eigenvalue weighted by Gasteiger charge is 2.04. The van der Waals surface area contributed by atoms with E-state index in [1.54, 1.807) is 0 Å². The first-order chi connectivity index (χ1) is 14.2. The number of unbranched alkanes of at least 4 members (excludes halogenated alkanes) is 8. The van der Waals surface area contributed by atoms with Crippen molar-refractivity contribution in [3.05, 3.63) is 0 Å². The molecule has 0 amide bonds. The molecule has 29 heavy (non-hydrogen) atoms. The van der Waals surface area contributed by atoms with E-state index in [0.717, 1.165) is 61.5 Å². The van der Waals surface area contributed by atoms with E-state index < -0.39 is 0 Å². The average molecular weight is 499 g/mol. The summed E-state index contributed by atoms with van der Waals surface area (Å²) in [4.78, 5) is 23.6. The Morgan fingerprint density at radius 2 is 0.931 bits per heavy atom. The second-order valence-corrected chi connectivity index (χ2v) is 14.0. The van der Waals surface area contributed by atoms with E-state index in [-0.39, 0.29) is 0 Å². The molecule has 0 spiro atoms. The zero-order valence-corrected chi connectivity index (χ0v) is 22.7. The monoisotopic (exact) mass is 498 g/mol. The standard InChI is InChI=1S/C22H42O2S5/c1-3-5-7-9-11-15-21(23)25-17-13-19-27-29-28-20-14-18-26-22(24)16-12-10-8-6-4-2/h3-20H2,1-2H3. The van der Waals surface area contributed by atoms with Crippen molar-refractivity contribution in [1.29, 1.82) is 0 Å². The molecule has 0 unspecified atom stereocenters. The van der Waals surface area contributed by atoms with Crippen molar-refractivity contribution < 1.29 is 9.59 Å². The minimum atomic E-state index is 0.376. The third kappa shape index (κ3) is 25.2. The zero-order valence-electron chi connectivity index (χ0n) is 18.6. The summed E-state index contributed by atoms with van der Waals surface area (Å²) in [6, 6.07) is 0. The third-order valence-corrected chi connectivity index (χ3v) is 10.8. The lowest BCUT2D eigenvalue weighted by atomic mass is 10.1. The first kappa shape index (κ1) is 30.1. The van der Waals surface area contributed by atoms with Gasteiger partial charge < -0.3 is 0 Å². The van der Waals surface area contributed by atoms with Gasteiger partial charge in [0.05, 0.1) is 0 Å². The second kappa shape index (κ2) is 25.4. The second-order valence-electron chi connectivity index (χ2n) is 7.19. The Morgan fingerprint density at radius 3 is 1.34 bits per heavy atom. The predicted molar refractivity (Wildman–Crippen MR) is 143 cm³/mol. The van der Waals surface area contributed by atoms with E-state index in [4.69, 9.17) is 0 Å². The van der Waals surface area contributed by atoms with Gasteiger partial charge in [-0.2, -0.15) is 0 Å².